The fourth-order valence-electron chi connectivity index (χ4n) is 4.19. The molecule has 7 nitrogen and oxygen atoms in total. The smallest absolute Gasteiger partial charge is 0.186 e. The number of hydrogen-bond acceptors (Lipinski definition) is 7. The molecule has 0 spiro atoms. The molecular formula is C26H52O7. The van der Waals surface area contributed by atoms with Gasteiger partial charge in [-0.05, 0) is 6.42 Å². The zero-order valence-electron chi connectivity index (χ0n) is 21.0. The summed E-state index contributed by atoms with van der Waals surface area (Å²) in [5.74, 6) is 0. The van der Waals surface area contributed by atoms with Crippen molar-refractivity contribution in [2.24, 2.45) is 0 Å². The lowest BCUT2D eigenvalue weighted by atomic mass is 10.0. The molecule has 1 heterocycles. The number of hydrogen-bond donors (Lipinski definition) is 4. The van der Waals surface area contributed by atoms with Crippen LogP contribution in [0.1, 0.15) is 110 Å². The Hall–Kier alpha value is -0.280. The van der Waals surface area contributed by atoms with Crippen LogP contribution in [-0.4, -0.2) is 77.6 Å². The van der Waals surface area contributed by atoms with Crippen LogP contribution in [0.25, 0.3) is 0 Å². The van der Waals surface area contributed by atoms with Crippen molar-refractivity contribution in [3.8, 4) is 0 Å². The number of unbranched alkanes of at least 4 members (excludes halogenated alkanes) is 15. The molecule has 0 unspecified atom stereocenters. The Kier molecular flexibility index (Phi) is 19.6. The molecule has 1 aliphatic rings. The van der Waals surface area contributed by atoms with Crippen LogP contribution in [0.5, 0.6) is 0 Å². The van der Waals surface area contributed by atoms with Crippen LogP contribution in [0.2, 0.25) is 0 Å². The van der Waals surface area contributed by atoms with Crippen molar-refractivity contribution in [3.05, 3.63) is 0 Å². The van der Waals surface area contributed by atoms with Crippen molar-refractivity contribution in [1.29, 1.82) is 0 Å². The molecule has 1 saturated heterocycles. The molecule has 1 fully saturated rings. The van der Waals surface area contributed by atoms with Gasteiger partial charge in [-0.1, -0.05) is 103 Å². The van der Waals surface area contributed by atoms with Gasteiger partial charge in [0.05, 0.1) is 19.8 Å². The van der Waals surface area contributed by atoms with Crippen LogP contribution in [0.15, 0.2) is 0 Å². The first kappa shape index (κ1) is 30.8. The normalized spacial score (nSPS) is 24.3. The molecule has 0 aromatic heterocycles. The number of aliphatic hydroxyl groups excluding tert-OH is 4. The lowest BCUT2D eigenvalue weighted by Crippen LogP contribution is -2.55. The second-order valence-corrected chi connectivity index (χ2v) is 9.57. The van der Waals surface area contributed by atoms with E-state index in [0.717, 1.165) is 12.8 Å². The van der Waals surface area contributed by atoms with Crippen molar-refractivity contribution in [2.45, 2.75) is 140 Å². The Morgan fingerprint density at radius 1 is 0.727 bits per heavy atom. The highest BCUT2D eigenvalue weighted by Gasteiger charge is 2.39. The first-order valence-electron chi connectivity index (χ1n) is 13.6. The number of aliphatic hydroxyl groups is 4. The fraction of sp³-hybridized carbons (Fsp3) is 1.00. The Morgan fingerprint density at radius 3 is 1.70 bits per heavy atom. The monoisotopic (exact) mass is 476 g/mol. The Morgan fingerprint density at radius 2 is 1.21 bits per heavy atom. The fourth-order valence-corrected chi connectivity index (χ4v) is 4.19. The quantitative estimate of drug-likeness (QED) is 0.174. The standard InChI is InChI=1S/C26H52O7/c1-2-3-4-5-6-7-8-9-10-11-12-13-14-15-16-17-18-31-20-22(19-27)33-26-25(30)24(29)23(28)21-32-26/h22-30H,2-21H2,1H3/t22-,23-,24-,25+,26+/m1/s1. The van der Waals surface area contributed by atoms with Crippen molar-refractivity contribution in [1.82, 2.24) is 0 Å². The van der Waals surface area contributed by atoms with Gasteiger partial charge in [-0.25, -0.2) is 0 Å². The number of rotatable bonds is 22. The minimum absolute atomic E-state index is 0.124. The van der Waals surface area contributed by atoms with E-state index in [0.29, 0.717) is 6.61 Å². The molecule has 0 aromatic rings. The van der Waals surface area contributed by atoms with Crippen molar-refractivity contribution < 1.29 is 34.6 Å². The van der Waals surface area contributed by atoms with Crippen molar-refractivity contribution in [2.75, 3.05) is 26.4 Å². The first-order chi connectivity index (χ1) is 16.1. The summed E-state index contributed by atoms with van der Waals surface area (Å²) < 4.78 is 16.3. The van der Waals surface area contributed by atoms with E-state index in [2.05, 4.69) is 6.92 Å². The van der Waals surface area contributed by atoms with E-state index in [-0.39, 0.29) is 19.8 Å². The van der Waals surface area contributed by atoms with Gasteiger partial charge >= 0.3 is 0 Å². The van der Waals surface area contributed by atoms with Crippen LogP contribution >= 0.6 is 0 Å². The third-order valence-electron chi connectivity index (χ3n) is 6.43. The predicted molar refractivity (Wildman–Crippen MR) is 130 cm³/mol. The van der Waals surface area contributed by atoms with Gasteiger partial charge in [0, 0.05) is 6.61 Å². The summed E-state index contributed by atoms with van der Waals surface area (Å²) in [5, 5.41) is 38.5. The lowest BCUT2D eigenvalue weighted by molar-refractivity contribution is -0.288. The van der Waals surface area contributed by atoms with Crippen LogP contribution in [0.4, 0.5) is 0 Å². The van der Waals surface area contributed by atoms with Gasteiger partial charge < -0.3 is 34.6 Å². The highest BCUT2D eigenvalue weighted by molar-refractivity contribution is 4.83. The molecule has 4 N–H and O–H groups in total. The van der Waals surface area contributed by atoms with E-state index >= 15 is 0 Å². The maximum absolute atomic E-state index is 9.90. The molecular weight excluding hydrogens is 424 g/mol. The summed E-state index contributed by atoms with van der Waals surface area (Å²) >= 11 is 0. The zero-order chi connectivity index (χ0) is 24.2. The first-order valence-corrected chi connectivity index (χ1v) is 13.6. The minimum atomic E-state index is -1.36. The van der Waals surface area contributed by atoms with Gasteiger partial charge in [-0.15, -0.1) is 0 Å². The van der Waals surface area contributed by atoms with Gasteiger partial charge in [0.15, 0.2) is 6.29 Å². The van der Waals surface area contributed by atoms with Gasteiger partial charge in [0.2, 0.25) is 0 Å². The highest BCUT2D eigenvalue weighted by atomic mass is 16.7. The Labute approximate surface area is 201 Å². The molecule has 1 aliphatic heterocycles. The summed E-state index contributed by atoms with van der Waals surface area (Å²) in [5.41, 5.74) is 0. The van der Waals surface area contributed by atoms with Gasteiger partial charge in [0.1, 0.15) is 24.4 Å². The van der Waals surface area contributed by atoms with Crippen LogP contribution in [0.3, 0.4) is 0 Å². The van der Waals surface area contributed by atoms with Crippen LogP contribution < -0.4 is 0 Å². The topological polar surface area (TPSA) is 109 Å². The molecule has 0 saturated carbocycles. The van der Waals surface area contributed by atoms with E-state index < -0.39 is 30.7 Å². The second-order valence-electron chi connectivity index (χ2n) is 9.57. The van der Waals surface area contributed by atoms with Crippen molar-refractivity contribution >= 4 is 0 Å². The number of ether oxygens (including phenoxy) is 3. The van der Waals surface area contributed by atoms with Gasteiger partial charge in [-0.3, -0.25) is 0 Å². The van der Waals surface area contributed by atoms with E-state index in [1.165, 1.54) is 89.9 Å². The summed E-state index contributed by atoms with van der Waals surface area (Å²) in [6.45, 7) is 2.67. The molecule has 0 radical (unpaired) electrons. The lowest BCUT2D eigenvalue weighted by Gasteiger charge is -2.36. The predicted octanol–water partition coefficient (Wildman–Crippen LogP) is 4.08. The molecule has 33 heavy (non-hydrogen) atoms. The molecule has 0 aliphatic carbocycles. The van der Waals surface area contributed by atoms with Crippen molar-refractivity contribution in [3.63, 3.8) is 0 Å². The third-order valence-corrected chi connectivity index (χ3v) is 6.43. The zero-order valence-corrected chi connectivity index (χ0v) is 21.0. The highest BCUT2D eigenvalue weighted by Crippen LogP contribution is 2.18. The minimum Gasteiger partial charge on any atom is -0.394 e. The maximum Gasteiger partial charge on any atom is 0.186 e. The molecule has 198 valence electrons. The Bertz CT molecular complexity index is 423. The van der Waals surface area contributed by atoms with E-state index in [4.69, 9.17) is 14.2 Å². The largest absolute Gasteiger partial charge is 0.394 e. The molecule has 7 heteroatoms. The molecule has 0 amide bonds. The van der Waals surface area contributed by atoms with Gasteiger partial charge in [0.25, 0.3) is 0 Å². The molecule has 0 bridgehead atoms. The molecule has 1 rings (SSSR count). The summed E-state index contributed by atoms with van der Waals surface area (Å²) in [4.78, 5) is 0. The average molecular weight is 477 g/mol. The van der Waals surface area contributed by atoms with Crippen LogP contribution in [-0.2, 0) is 14.2 Å². The molecule has 0 aromatic carbocycles. The third kappa shape index (κ3) is 15.4. The van der Waals surface area contributed by atoms with Gasteiger partial charge in [-0.2, -0.15) is 0 Å². The average Bonchev–Trinajstić information content (AvgIpc) is 2.82. The Balaban J connectivity index is 1.86. The van der Waals surface area contributed by atoms with E-state index in [1.54, 1.807) is 0 Å². The van der Waals surface area contributed by atoms with E-state index in [9.17, 15) is 20.4 Å². The summed E-state index contributed by atoms with van der Waals surface area (Å²) in [6.07, 6.45) is 15.7. The SMILES string of the molecule is CCCCCCCCCCCCCCCCCCOC[C@@H](CO)O[C@@H]1OC[C@@H](O)[C@@H](O)[C@@H]1O. The van der Waals surface area contributed by atoms with E-state index in [1.807, 2.05) is 0 Å². The van der Waals surface area contributed by atoms with Crippen LogP contribution in [0, 0.1) is 0 Å². The molecule has 5 atom stereocenters. The maximum atomic E-state index is 9.90. The second kappa shape index (κ2) is 21.0. The summed E-state index contributed by atoms with van der Waals surface area (Å²) in [6, 6.07) is 0. The summed E-state index contributed by atoms with van der Waals surface area (Å²) in [7, 11) is 0.